The molecule has 0 atom stereocenters. The van der Waals surface area contributed by atoms with Crippen LogP contribution < -0.4 is 0 Å². The van der Waals surface area contributed by atoms with Crippen molar-refractivity contribution in [1.82, 2.24) is 0 Å². The molecule has 0 aromatic heterocycles. The van der Waals surface area contributed by atoms with Crippen LogP contribution in [0.4, 0.5) is 0 Å². The maximum atomic E-state index is 8.82. The van der Waals surface area contributed by atoms with Gasteiger partial charge in [-0.15, -0.1) is 0 Å². The zero-order valence-electron chi connectivity index (χ0n) is 9.79. The van der Waals surface area contributed by atoms with Crippen molar-refractivity contribution >= 4 is 0 Å². The van der Waals surface area contributed by atoms with Gasteiger partial charge in [-0.25, -0.2) is 0 Å². The number of ether oxygens (including phenoxy) is 2. The zero-order chi connectivity index (χ0) is 11.1. The molecule has 3 nitrogen and oxygen atoms in total. The van der Waals surface area contributed by atoms with Crippen molar-refractivity contribution < 1.29 is 9.47 Å². The Morgan fingerprint density at radius 1 is 1.40 bits per heavy atom. The van der Waals surface area contributed by atoms with Crippen molar-refractivity contribution in [2.45, 2.75) is 33.1 Å². The number of hydrogen-bond acceptors (Lipinski definition) is 3. The largest absolute Gasteiger partial charge is 0.381 e. The van der Waals surface area contributed by atoms with E-state index >= 15 is 0 Å². The van der Waals surface area contributed by atoms with E-state index in [0.717, 1.165) is 39.1 Å². The summed E-state index contributed by atoms with van der Waals surface area (Å²) in [5, 5.41) is 8.82. The van der Waals surface area contributed by atoms with Crippen molar-refractivity contribution in [2.75, 3.05) is 26.4 Å². The molecular weight excluding hydrogens is 190 g/mol. The minimum Gasteiger partial charge on any atom is -0.381 e. The van der Waals surface area contributed by atoms with Gasteiger partial charge in [0, 0.05) is 26.4 Å². The van der Waals surface area contributed by atoms with E-state index in [1.807, 2.05) is 13.8 Å². The summed E-state index contributed by atoms with van der Waals surface area (Å²) in [5.74, 6) is 0.656. The van der Waals surface area contributed by atoms with Crippen LogP contribution in [0.3, 0.4) is 0 Å². The highest BCUT2D eigenvalue weighted by Crippen LogP contribution is 2.19. The van der Waals surface area contributed by atoms with Gasteiger partial charge < -0.3 is 9.47 Å². The Morgan fingerprint density at radius 2 is 2.07 bits per heavy atom. The molecule has 0 bridgehead atoms. The van der Waals surface area contributed by atoms with Crippen molar-refractivity contribution in [3.63, 3.8) is 0 Å². The zero-order valence-corrected chi connectivity index (χ0v) is 9.79. The molecule has 0 amide bonds. The summed E-state index contributed by atoms with van der Waals surface area (Å²) in [4.78, 5) is 0. The lowest BCUT2D eigenvalue weighted by atomic mass is 9.92. The Bertz CT molecular complexity index is 214. The molecule has 1 saturated heterocycles. The number of nitriles is 1. The molecule has 0 unspecified atom stereocenters. The maximum Gasteiger partial charge on any atom is 0.0684 e. The van der Waals surface area contributed by atoms with E-state index in [-0.39, 0.29) is 5.41 Å². The van der Waals surface area contributed by atoms with Crippen LogP contribution in [0.5, 0.6) is 0 Å². The molecule has 1 aliphatic heterocycles. The van der Waals surface area contributed by atoms with Crippen LogP contribution in [-0.2, 0) is 9.47 Å². The molecule has 15 heavy (non-hydrogen) atoms. The molecule has 0 N–H and O–H groups in total. The minimum atomic E-state index is -0.254. The minimum absolute atomic E-state index is 0.254. The number of nitrogens with zero attached hydrogens (tertiary/aromatic N) is 1. The average Bonchev–Trinajstić information content (AvgIpc) is 2.26. The molecular formula is C12H21NO2. The fourth-order valence-electron chi connectivity index (χ4n) is 1.55. The van der Waals surface area contributed by atoms with Gasteiger partial charge in [-0.1, -0.05) is 0 Å². The Labute approximate surface area is 92.4 Å². The van der Waals surface area contributed by atoms with E-state index in [9.17, 15) is 0 Å². The predicted molar refractivity (Wildman–Crippen MR) is 58.4 cm³/mol. The topological polar surface area (TPSA) is 42.2 Å². The molecule has 0 aromatic carbocycles. The van der Waals surface area contributed by atoms with Crippen LogP contribution in [0.25, 0.3) is 0 Å². The molecule has 1 fully saturated rings. The van der Waals surface area contributed by atoms with Gasteiger partial charge in [-0.3, -0.25) is 0 Å². The van der Waals surface area contributed by atoms with E-state index < -0.39 is 0 Å². The van der Waals surface area contributed by atoms with Crippen LogP contribution in [-0.4, -0.2) is 26.4 Å². The van der Waals surface area contributed by atoms with Gasteiger partial charge in [-0.2, -0.15) is 5.26 Å². The third kappa shape index (κ3) is 5.15. The lowest BCUT2D eigenvalue weighted by molar-refractivity contribution is 0.0166. The van der Waals surface area contributed by atoms with Crippen LogP contribution >= 0.6 is 0 Å². The molecule has 0 saturated carbocycles. The normalized spacial score (nSPS) is 18.7. The van der Waals surface area contributed by atoms with Crippen LogP contribution in [0, 0.1) is 22.7 Å². The van der Waals surface area contributed by atoms with Crippen molar-refractivity contribution in [2.24, 2.45) is 11.3 Å². The van der Waals surface area contributed by atoms with Gasteiger partial charge in [0.15, 0.2) is 0 Å². The van der Waals surface area contributed by atoms with E-state index in [4.69, 9.17) is 14.7 Å². The third-order valence-corrected chi connectivity index (χ3v) is 2.87. The second-order valence-corrected chi connectivity index (χ2v) is 4.88. The second kappa shape index (κ2) is 6.09. The van der Waals surface area contributed by atoms with E-state index in [2.05, 4.69) is 6.07 Å². The molecule has 0 aliphatic carbocycles. The van der Waals surface area contributed by atoms with E-state index in [1.165, 1.54) is 0 Å². The molecule has 1 rings (SSSR count). The first-order chi connectivity index (χ1) is 7.14. The molecule has 1 aliphatic rings. The quantitative estimate of drug-likeness (QED) is 0.656. The van der Waals surface area contributed by atoms with Crippen molar-refractivity contribution in [3.8, 4) is 6.07 Å². The van der Waals surface area contributed by atoms with Crippen LogP contribution in [0.1, 0.15) is 33.1 Å². The van der Waals surface area contributed by atoms with Gasteiger partial charge in [-0.05, 0) is 39.0 Å². The fraction of sp³-hybridized carbons (Fsp3) is 0.917. The van der Waals surface area contributed by atoms with Crippen molar-refractivity contribution in [3.05, 3.63) is 0 Å². The highest BCUT2D eigenvalue weighted by molar-refractivity contribution is 4.91. The first-order valence-corrected chi connectivity index (χ1v) is 5.71. The molecule has 86 valence electrons. The average molecular weight is 211 g/mol. The summed E-state index contributed by atoms with van der Waals surface area (Å²) in [7, 11) is 0. The lowest BCUT2D eigenvalue weighted by Crippen LogP contribution is -2.21. The number of rotatable bonds is 5. The Balaban J connectivity index is 2.04. The Hall–Kier alpha value is -0.590. The van der Waals surface area contributed by atoms with Crippen LogP contribution in [0.2, 0.25) is 0 Å². The summed E-state index contributed by atoms with van der Waals surface area (Å²) in [6.07, 6.45) is 3.04. The van der Waals surface area contributed by atoms with Gasteiger partial charge in [0.1, 0.15) is 0 Å². The van der Waals surface area contributed by atoms with E-state index in [1.54, 1.807) is 0 Å². The highest BCUT2D eigenvalue weighted by Gasteiger charge is 2.17. The SMILES string of the molecule is CC(C)(C#N)CCOCC1CCOCC1. The van der Waals surface area contributed by atoms with Gasteiger partial charge in [0.2, 0.25) is 0 Å². The predicted octanol–water partition coefficient (Wildman–Crippen LogP) is 2.37. The van der Waals surface area contributed by atoms with Gasteiger partial charge >= 0.3 is 0 Å². The molecule has 0 spiro atoms. The molecule has 0 radical (unpaired) electrons. The fourth-order valence-corrected chi connectivity index (χ4v) is 1.55. The van der Waals surface area contributed by atoms with Gasteiger partial charge in [0.05, 0.1) is 11.5 Å². The van der Waals surface area contributed by atoms with E-state index in [0.29, 0.717) is 12.5 Å². The molecule has 0 aromatic rings. The van der Waals surface area contributed by atoms with Crippen molar-refractivity contribution in [1.29, 1.82) is 5.26 Å². The summed E-state index contributed by atoms with van der Waals surface area (Å²) < 4.78 is 10.9. The maximum absolute atomic E-state index is 8.82. The lowest BCUT2D eigenvalue weighted by Gasteiger charge is -2.22. The highest BCUT2D eigenvalue weighted by atomic mass is 16.5. The summed E-state index contributed by atoms with van der Waals surface area (Å²) in [5.41, 5.74) is -0.254. The monoisotopic (exact) mass is 211 g/mol. The summed E-state index contributed by atoms with van der Waals surface area (Å²) >= 11 is 0. The van der Waals surface area contributed by atoms with Gasteiger partial charge in [0.25, 0.3) is 0 Å². The second-order valence-electron chi connectivity index (χ2n) is 4.88. The standard InChI is InChI=1S/C12H21NO2/c1-12(2,10-13)5-8-15-9-11-3-6-14-7-4-11/h11H,3-9H2,1-2H3. The smallest absolute Gasteiger partial charge is 0.0684 e. The molecule has 3 heteroatoms. The third-order valence-electron chi connectivity index (χ3n) is 2.87. The first kappa shape index (κ1) is 12.5. The summed E-state index contributed by atoms with van der Waals surface area (Å²) in [6, 6.07) is 2.28. The number of hydrogen-bond donors (Lipinski definition) is 0. The summed E-state index contributed by atoms with van der Waals surface area (Å²) in [6.45, 7) is 7.16. The Kier molecular flexibility index (Phi) is 5.07. The first-order valence-electron chi connectivity index (χ1n) is 5.71. The Morgan fingerprint density at radius 3 is 2.67 bits per heavy atom. The van der Waals surface area contributed by atoms with Crippen LogP contribution in [0.15, 0.2) is 0 Å². The molecule has 1 heterocycles.